The molecule has 0 amide bonds. The second-order valence-corrected chi connectivity index (χ2v) is 19.4. The summed E-state index contributed by atoms with van der Waals surface area (Å²) in [4.78, 5) is 48.5. The number of hydrogen-bond donors (Lipinski definition) is 2. The SMILES string of the molecule is CC/C=C\C/C=C\C/C=C\C/C=C\C/C=C\C/C=C\CCC(=O)OC(COC(=O)CCCCCC/C=C\C/C=C\C/C=C\C/C=C\CC)COP(=O)(O)OCC(CO)OC(=O)CCCCC/C=C\C/C=C\C/C=C\CC. The molecular weight excluding hydrogens is 976 g/mol. The van der Waals surface area contributed by atoms with Crippen molar-refractivity contribution in [3.63, 3.8) is 0 Å². The van der Waals surface area contributed by atoms with Crippen molar-refractivity contribution < 1.29 is 52.2 Å². The fourth-order valence-electron chi connectivity index (χ4n) is 6.74. The monoisotopic (exact) mass is 1070 g/mol. The van der Waals surface area contributed by atoms with Crippen molar-refractivity contribution in [1.82, 2.24) is 0 Å². The summed E-state index contributed by atoms with van der Waals surface area (Å²) >= 11 is 0. The van der Waals surface area contributed by atoms with Crippen molar-refractivity contribution in [3.05, 3.63) is 158 Å². The Balaban J connectivity index is 4.95. The van der Waals surface area contributed by atoms with Gasteiger partial charge in [-0.3, -0.25) is 23.4 Å². The van der Waals surface area contributed by atoms with Crippen LogP contribution in [0.15, 0.2) is 158 Å². The maximum Gasteiger partial charge on any atom is 0.472 e. The Morgan fingerprint density at radius 2 is 0.671 bits per heavy atom. The number of rotatable bonds is 50. The highest BCUT2D eigenvalue weighted by Gasteiger charge is 2.28. The van der Waals surface area contributed by atoms with Crippen LogP contribution in [0.2, 0.25) is 0 Å². The number of aliphatic hydroxyl groups excluding tert-OH is 1. The number of carbonyl (C=O) groups excluding carboxylic acids is 3. The third kappa shape index (κ3) is 53.9. The molecule has 0 aromatic carbocycles. The summed E-state index contributed by atoms with van der Waals surface area (Å²) in [5.74, 6) is -1.65. The Bertz CT molecular complexity index is 1880. The zero-order valence-electron chi connectivity index (χ0n) is 46.9. The van der Waals surface area contributed by atoms with Crippen molar-refractivity contribution in [2.75, 3.05) is 26.4 Å². The van der Waals surface area contributed by atoms with Gasteiger partial charge in [-0.15, -0.1) is 0 Å². The molecule has 76 heavy (non-hydrogen) atoms. The molecule has 0 aromatic heterocycles. The molecule has 11 nitrogen and oxygen atoms in total. The van der Waals surface area contributed by atoms with E-state index in [0.29, 0.717) is 25.7 Å². The number of allylic oxidation sites excluding steroid dienone is 26. The van der Waals surface area contributed by atoms with Gasteiger partial charge < -0.3 is 24.2 Å². The minimum absolute atomic E-state index is 0.0247. The van der Waals surface area contributed by atoms with E-state index in [-0.39, 0.29) is 19.3 Å². The summed E-state index contributed by atoms with van der Waals surface area (Å²) in [5, 5.41) is 9.80. The first-order valence-electron chi connectivity index (χ1n) is 28.4. The third-order valence-electron chi connectivity index (χ3n) is 10.9. The molecule has 3 unspecified atom stereocenters. The molecule has 0 saturated carbocycles. The summed E-state index contributed by atoms with van der Waals surface area (Å²) in [5.41, 5.74) is 0. The topological polar surface area (TPSA) is 155 Å². The zero-order chi connectivity index (χ0) is 55.5. The maximum atomic E-state index is 12.9. The number of unbranched alkanes of at least 4 members (excludes halogenated alkanes) is 7. The van der Waals surface area contributed by atoms with E-state index in [2.05, 4.69) is 167 Å². The van der Waals surface area contributed by atoms with Crippen LogP contribution in [-0.2, 0) is 42.2 Å². The van der Waals surface area contributed by atoms with E-state index >= 15 is 0 Å². The highest BCUT2D eigenvalue weighted by molar-refractivity contribution is 7.47. The van der Waals surface area contributed by atoms with Gasteiger partial charge in [-0.05, 0) is 128 Å². The quantitative estimate of drug-likeness (QED) is 0.0197. The smallest absolute Gasteiger partial charge is 0.462 e. The van der Waals surface area contributed by atoms with Gasteiger partial charge in [0.05, 0.1) is 19.8 Å². The van der Waals surface area contributed by atoms with Crippen LogP contribution in [0.1, 0.15) is 188 Å². The van der Waals surface area contributed by atoms with Gasteiger partial charge in [-0.2, -0.15) is 0 Å². The summed E-state index contributed by atoms with van der Waals surface area (Å²) < 4.78 is 39.4. The van der Waals surface area contributed by atoms with Crippen LogP contribution < -0.4 is 0 Å². The first-order chi connectivity index (χ1) is 37.2. The van der Waals surface area contributed by atoms with E-state index in [4.69, 9.17) is 23.3 Å². The van der Waals surface area contributed by atoms with Crippen LogP contribution in [0.3, 0.4) is 0 Å². The number of carbonyl (C=O) groups is 3. The average Bonchev–Trinajstić information content (AvgIpc) is 3.41. The Kier molecular flexibility index (Phi) is 52.7. The third-order valence-corrected chi connectivity index (χ3v) is 11.9. The molecule has 3 atom stereocenters. The van der Waals surface area contributed by atoms with Crippen molar-refractivity contribution in [2.45, 2.75) is 200 Å². The Morgan fingerprint density at radius 3 is 1.07 bits per heavy atom. The van der Waals surface area contributed by atoms with E-state index in [9.17, 15) is 28.9 Å². The molecule has 12 heteroatoms. The van der Waals surface area contributed by atoms with Crippen LogP contribution in [0.4, 0.5) is 0 Å². The molecule has 0 fully saturated rings. The molecule has 0 aromatic rings. The molecule has 0 heterocycles. The molecule has 426 valence electrons. The number of ether oxygens (including phenoxy) is 3. The minimum Gasteiger partial charge on any atom is -0.462 e. The molecule has 0 rings (SSSR count). The number of aliphatic hydroxyl groups is 1. The van der Waals surface area contributed by atoms with Crippen LogP contribution in [-0.4, -0.2) is 66.5 Å². The van der Waals surface area contributed by atoms with Gasteiger partial charge in [0.2, 0.25) is 0 Å². The zero-order valence-corrected chi connectivity index (χ0v) is 47.8. The molecule has 0 aliphatic carbocycles. The lowest BCUT2D eigenvalue weighted by Gasteiger charge is -2.21. The molecular formula is C64H99O11P. The van der Waals surface area contributed by atoms with Gasteiger partial charge in [0.25, 0.3) is 0 Å². The van der Waals surface area contributed by atoms with Gasteiger partial charge in [-0.25, -0.2) is 4.57 Å². The molecule has 0 aliphatic heterocycles. The molecule has 0 radical (unpaired) electrons. The lowest BCUT2D eigenvalue weighted by Crippen LogP contribution is -2.30. The van der Waals surface area contributed by atoms with Crippen LogP contribution in [0.5, 0.6) is 0 Å². The van der Waals surface area contributed by atoms with Crippen LogP contribution in [0, 0.1) is 0 Å². The molecule has 0 saturated heterocycles. The lowest BCUT2D eigenvalue weighted by molar-refractivity contribution is -0.161. The van der Waals surface area contributed by atoms with E-state index in [0.717, 1.165) is 122 Å². The van der Waals surface area contributed by atoms with Gasteiger partial charge in [0.15, 0.2) is 6.10 Å². The van der Waals surface area contributed by atoms with E-state index < -0.39 is 64.4 Å². The normalized spacial score (nSPS) is 14.5. The van der Waals surface area contributed by atoms with Gasteiger partial charge >= 0.3 is 25.7 Å². The van der Waals surface area contributed by atoms with Crippen LogP contribution in [0.25, 0.3) is 0 Å². The largest absolute Gasteiger partial charge is 0.472 e. The van der Waals surface area contributed by atoms with Gasteiger partial charge in [0, 0.05) is 19.3 Å². The Labute approximate surface area is 460 Å². The maximum absolute atomic E-state index is 12.9. The second kappa shape index (κ2) is 56.3. The fourth-order valence-corrected chi connectivity index (χ4v) is 7.52. The first-order valence-corrected chi connectivity index (χ1v) is 29.9. The number of phosphoric acid groups is 1. The fraction of sp³-hybridized carbons (Fsp3) is 0.547. The number of esters is 3. The van der Waals surface area contributed by atoms with E-state index in [1.807, 2.05) is 12.2 Å². The van der Waals surface area contributed by atoms with Gasteiger partial charge in [0.1, 0.15) is 12.7 Å². The predicted molar refractivity (Wildman–Crippen MR) is 315 cm³/mol. The Morgan fingerprint density at radius 1 is 0.368 bits per heavy atom. The highest BCUT2D eigenvalue weighted by atomic mass is 31.2. The predicted octanol–water partition coefficient (Wildman–Crippen LogP) is 16.9. The van der Waals surface area contributed by atoms with Crippen molar-refractivity contribution in [3.8, 4) is 0 Å². The van der Waals surface area contributed by atoms with Crippen molar-refractivity contribution in [1.29, 1.82) is 0 Å². The minimum atomic E-state index is -4.79. The molecule has 0 aliphatic rings. The Hall–Kier alpha value is -4.90. The average molecular weight is 1080 g/mol. The highest BCUT2D eigenvalue weighted by Crippen LogP contribution is 2.43. The van der Waals surface area contributed by atoms with Crippen molar-refractivity contribution in [2.24, 2.45) is 0 Å². The second-order valence-electron chi connectivity index (χ2n) is 18.0. The van der Waals surface area contributed by atoms with Crippen LogP contribution >= 0.6 is 7.82 Å². The summed E-state index contributed by atoms with van der Waals surface area (Å²) in [6.45, 7) is 4.12. The molecule has 2 N–H and O–H groups in total. The summed E-state index contributed by atoms with van der Waals surface area (Å²) in [6.07, 6.45) is 73.7. The lowest BCUT2D eigenvalue weighted by atomic mass is 10.1. The van der Waals surface area contributed by atoms with E-state index in [1.165, 1.54) is 0 Å². The standard InChI is InChI=1S/C64H99O11P/c1-4-7-10-13-16-19-22-25-27-29-30-32-34-37-40-43-46-49-52-55-64(68)75-61(57-71-62(66)53-50-47-44-41-38-36-33-31-28-26-23-20-17-14-11-8-5-2)59-73-76(69,70)72-58-60(56-65)74-63(67)54-51-48-45-42-39-35-24-21-18-15-12-9-6-3/h7-12,16-21,25-28,30,32-33,35-37,39-40,46,49,60-61,65H,4-6,13-15,22-24,29,31,34,38,41-45,47-48,50-59H2,1-3H3,(H,69,70)/b10-7-,11-8-,12-9-,19-16-,20-17-,21-18-,27-25-,28-26-,32-30-,36-33-,39-35-,40-37-,49-46-. The number of hydrogen-bond acceptors (Lipinski definition) is 10. The molecule has 0 spiro atoms. The van der Waals surface area contributed by atoms with Crippen molar-refractivity contribution >= 4 is 25.7 Å². The summed E-state index contributed by atoms with van der Waals surface area (Å²) in [6, 6.07) is 0. The first kappa shape index (κ1) is 71.1. The van der Waals surface area contributed by atoms with E-state index in [1.54, 1.807) is 0 Å². The summed E-state index contributed by atoms with van der Waals surface area (Å²) in [7, 11) is -4.79. The van der Waals surface area contributed by atoms with Gasteiger partial charge in [-0.1, -0.05) is 198 Å². The molecule has 0 bridgehead atoms. The number of phosphoric ester groups is 1.